The Kier molecular flexibility index (Phi) is 3.60. The van der Waals surface area contributed by atoms with Gasteiger partial charge < -0.3 is 10.6 Å². The van der Waals surface area contributed by atoms with Gasteiger partial charge in [0.25, 0.3) is 0 Å². The van der Waals surface area contributed by atoms with Gasteiger partial charge in [0.1, 0.15) is 0 Å². The van der Waals surface area contributed by atoms with Crippen LogP contribution in [-0.2, 0) is 4.79 Å². The Labute approximate surface area is 110 Å². The molecular formula is C15H26N2O. The predicted octanol–water partition coefficient (Wildman–Crippen LogP) is 2.07. The number of amides is 1. The van der Waals surface area contributed by atoms with E-state index >= 15 is 0 Å². The van der Waals surface area contributed by atoms with E-state index < -0.39 is 0 Å². The minimum atomic E-state index is 0.108. The second kappa shape index (κ2) is 5.20. The maximum absolute atomic E-state index is 12.4. The monoisotopic (exact) mass is 250 g/mol. The summed E-state index contributed by atoms with van der Waals surface area (Å²) in [6.45, 7) is 3.38. The summed E-state index contributed by atoms with van der Waals surface area (Å²) < 4.78 is 0. The highest BCUT2D eigenvalue weighted by Gasteiger charge is 2.42. The van der Waals surface area contributed by atoms with Crippen LogP contribution in [-0.4, -0.2) is 24.5 Å². The van der Waals surface area contributed by atoms with Crippen LogP contribution in [0.25, 0.3) is 0 Å². The number of fused-ring (bicyclic) bond motifs is 1. The molecule has 18 heavy (non-hydrogen) atoms. The van der Waals surface area contributed by atoms with Crippen LogP contribution in [0.5, 0.6) is 0 Å². The molecule has 1 aliphatic heterocycles. The molecule has 3 rings (SSSR count). The van der Waals surface area contributed by atoms with Crippen molar-refractivity contribution in [2.75, 3.05) is 6.54 Å². The van der Waals surface area contributed by atoms with Crippen molar-refractivity contribution < 1.29 is 4.79 Å². The van der Waals surface area contributed by atoms with Crippen LogP contribution < -0.4 is 10.6 Å². The van der Waals surface area contributed by atoms with Crippen molar-refractivity contribution in [3.63, 3.8) is 0 Å². The Morgan fingerprint density at radius 1 is 1.11 bits per heavy atom. The highest BCUT2D eigenvalue weighted by atomic mass is 16.2. The lowest BCUT2D eigenvalue weighted by molar-refractivity contribution is -0.124. The number of hydrogen-bond donors (Lipinski definition) is 2. The lowest BCUT2D eigenvalue weighted by atomic mass is 9.87. The summed E-state index contributed by atoms with van der Waals surface area (Å²) in [5, 5.41) is 6.74. The molecule has 3 nitrogen and oxygen atoms in total. The zero-order chi connectivity index (χ0) is 12.5. The first-order valence-electron chi connectivity index (χ1n) is 7.78. The van der Waals surface area contributed by atoms with Crippen molar-refractivity contribution in [2.45, 2.75) is 64.0 Å². The summed E-state index contributed by atoms with van der Waals surface area (Å²) in [4.78, 5) is 12.4. The molecule has 3 unspecified atom stereocenters. The summed E-state index contributed by atoms with van der Waals surface area (Å²) in [6, 6.07) is 0.549. The van der Waals surface area contributed by atoms with Crippen LogP contribution in [0.15, 0.2) is 0 Å². The van der Waals surface area contributed by atoms with Gasteiger partial charge >= 0.3 is 0 Å². The molecule has 0 aromatic rings. The van der Waals surface area contributed by atoms with E-state index in [2.05, 4.69) is 17.6 Å². The molecule has 0 aromatic carbocycles. The lowest BCUT2D eigenvalue weighted by Crippen LogP contribution is -2.48. The zero-order valence-corrected chi connectivity index (χ0v) is 11.5. The second-order valence-electron chi connectivity index (χ2n) is 6.71. The summed E-state index contributed by atoms with van der Waals surface area (Å²) in [5.41, 5.74) is 0. The van der Waals surface area contributed by atoms with Gasteiger partial charge in [-0.2, -0.15) is 0 Å². The molecule has 2 N–H and O–H groups in total. The molecule has 102 valence electrons. The normalized spacial score (nSPS) is 43.7. The summed E-state index contributed by atoms with van der Waals surface area (Å²) >= 11 is 0. The second-order valence-corrected chi connectivity index (χ2v) is 6.71. The highest BCUT2D eigenvalue weighted by Crippen LogP contribution is 2.37. The number of carbonyl (C=O) groups is 1. The molecule has 0 spiro atoms. The van der Waals surface area contributed by atoms with Gasteiger partial charge in [0.2, 0.25) is 5.91 Å². The lowest BCUT2D eigenvalue weighted by Gasteiger charge is -2.28. The standard InChI is InChI=1S/C15H26N2O/c1-10-5-7-12(8-6-10)17-15(18)14-13-4-2-3-11(13)9-16-14/h10-14,16H,2-9H2,1H3,(H,17,18). The van der Waals surface area contributed by atoms with Crippen LogP contribution >= 0.6 is 0 Å². The minimum absolute atomic E-state index is 0.108. The van der Waals surface area contributed by atoms with E-state index in [-0.39, 0.29) is 11.9 Å². The van der Waals surface area contributed by atoms with Gasteiger partial charge in [-0.05, 0) is 62.8 Å². The first-order valence-corrected chi connectivity index (χ1v) is 7.78. The van der Waals surface area contributed by atoms with E-state index in [0.29, 0.717) is 12.0 Å². The molecule has 3 fully saturated rings. The third-order valence-electron chi connectivity index (χ3n) is 5.39. The van der Waals surface area contributed by atoms with E-state index in [1.165, 1.54) is 44.9 Å². The predicted molar refractivity (Wildman–Crippen MR) is 72.2 cm³/mol. The van der Waals surface area contributed by atoms with Gasteiger partial charge in [-0.1, -0.05) is 13.3 Å². The third kappa shape index (κ3) is 2.42. The highest BCUT2D eigenvalue weighted by molar-refractivity contribution is 5.82. The van der Waals surface area contributed by atoms with Gasteiger partial charge in [0.05, 0.1) is 6.04 Å². The van der Waals surface area contributed by atoms with Crippen LogP contribution in [0.4, 0.5) is 0 Å². The molecule has 2 aliphatic carbocycles. The maximum atomic E-state index is 12.4. The average Bonchev–Trinajstić information content (AvgIpc) is 2.93. The maximum Gasteiger partial charge on any atom is 0.237 e. The number of hydrogen-bond acceptors (Lipinski definition) is 2. The summed E-state index contributed by atoms with van der Waals surface area (Å²) in [7, 11) is 0. The van der Waals surface area contributed by atoms with Gasteiger partial charge in [0, 0.05) is 6.04 Å². The topological polar surface area (TPSA) is 41.1 Å². The molecule has 1 heterocycles. The Balaban J connectivity index is 1.52. The van der Waals surface area contributed by atoms with Gasteiger partial charge in [-0.25, -0.2) is 0 Å². The Morgan fingerprint density at radius 2 is 1.89 bits per heavy atom. The van der Waals surface area contributed by atoms with E-state index in [0.717, 1.165) is 18.4 Å². The van der Waals surface area contributed by atoms with E-state index in [1.807, 2.05) is 0 Å². The number of nitrogens with one attached hydrogen (secondary N) is 2. The van der Waals surface area contributed by atoms with Crippen LogP contribution in [0, 0.1) is 17.8 Å². The Hall–Kier alpha value is -0.570. The van der Waals surface area contributed by atoms with Crippen LogP contribution in [0.2, 0.25) is 0 Å². The largest absolute Gasteiger partial charge is 0.352 e. The first-order chi connectivity index (χ1) is 8.74. The molecule has 0 radical (unpaired) electrons. The minimum Gasteiger partial charge on any atom is -0.352 e. The van der Waals surface area contributed by atoms with Gasteiger partial charge in [0.15, 0.2) is 0 Å². The van der Waals surface area contributed by atoms with E-state index in [1.54, 1.807) is 0 Å². The smallest absolute Gasteiger partial charge is 0.237 e. The van der Waals surface area contributed by atoms with E-state index in [9.17, 15) is 4.79 Å². The van der Waals surface area contributed by atoms with Crippen molar-refractivity contribution in [3.05, 3.63) is 0 Å². The molecule has 0 bridgehead atoms. The van der Waals surface area contributed by atoms with Gasteiger partial charge in [-0.3, -0.25) is 4.79 Å². The third-order valence-corrected chi connectivity index (χ3v) is 5.39. The van der Waals surface area contributed by atoms with Crippen molar-refractivity contribution >= 4 is 5.91 Å². The molecule has 3 atom stereocenters. The average molecular weight is 250 g/mol. The van der Waals surface area contributed by atoms with Crippen LogP contribution in [0.1, 0.15) is 51.9 Å². The fraction of sp³-hybridized carbons (Fsp3) is 0.933. The van der Waals surface area contributed by atoms with E-state index in [4.69, 9.17) is 0 Å². The molecule has 1 amide bonds. The summed E-state index contributed by atoms with van der Waals surface area (Å²) in [6.07, 6.45) is 8.78. The Bertz CT molecular complexity index is 310. The quantitative estimate of drug-likeness (QED) is 0.788. The molecule has 2 saturated carbocycles. The molecule has 3 aliphatic rings. The number of carbonyl (C=O) groups excluding carboxylic acids is 1. The van der Waals surface area contributed by atoms with Gasteiger partial charge in [-0.15, -0.1) is 0 Å². The van der Waals surface area contributed by atoms with Crippen LogP contribution in [0.3, 0.4) is 0 Å². The van der Waals surface area contributed by atoms with Crippen molar-refractivity contribution in [3.8, 4) is 0 Å². The fourth-order valence-corrected chi connectivity index (χ4v) is 4.17. The van der Waals surface area contributed by atoms with Crippen molar-refractivity contribution in [2.24, 2.45) is 17.8 Å². The van der Waals surface area contributed by atoms with Crippen molar-refractivity contribution in [1.29, 1.82) is 0 Å². The fourth-order valence-electron chi connectivity index (χ4n) is 4.17. The molecular weight excluding hydrogens is 224 g/mol. The Morgan fingerprint density at radius 3 is 2.67 bits per heavy atom. The zero-order valence-electron chi connectivity index (χ0n) is 11.5. The molecule has 3 heteroatoms. The molecule has 1 saturated heterocycles. The van der Waals surface area contributed by atoms with Crippen molar-refractivity contribution in [1.82, 2.24) is 10.6 Å². The number of rotatable bonds is 2. The SMILES string of the molecule is CC1CCC(NC(=O)C2NCC3CCCC32)CC1. The first kappa shape index (κ1) is 12.5. The molecule has 0 aromatic heterocycles. The summed E-state index contributed by atoms with van der Waals surface area (Å²) in [5.74, 6) is 2.52.